The highest BCUT2D eigenvalue weighted by Gasteiger charge is 2.18. The van der Waals surface area contributed by atoms with Crippen LogP contribution < -0.4 is 16.0 Å². The average molecular weight is 293 g/mol. The maximum Gasteiger partial charge on any atom is 0.265 e. The number of nitrogens with zero attached hydrogens (tertiary/aromatic N) is 1. The number of carbonyl (C=O) groups excluding carboxylic acids is 1. The molecule has 1 aliphatic heterocycles. The van der Waals surface area contributed by atoms with Gasteiger partial charge in [0.05, 0.1) is 6.10 Å². The van der Waals surface area contributed by atoms with Crippen LogP contribution in [0.15, 0.2) is 24.3 Å². The van der Waals surface area contributed by atoms with Gasteiger partial charge in [-0.3, -0.25) is 15.1 Å². The molecular formula is C15H23N3O3. The van der Waals surface area contributed by atoms with Crippen LogP contribution >= 0.6 is 0 Å². The predicted molar refractivity (Wildman–Crippen MR) is 80.1 cm³/mol. The second-order valence-corrected chi connectivity index (χ2v) is 5.12. The number of hydrogen-bond acceptors (Lipinski definition) is 5. The molecule has 2 rings (SSSR count). The molecule has 0 atom stereocenters. The van der Waals surface area contributed by atoms with Crippen molar-refractivity contribution < 1.29 is 14.3 Å². The van der Waals surface area contributed by atoms with Crippen LogP contribution in [0.25, 0.3) is 0 Å². The molecule has 21 heavy (non-hydrogen) atoms. The number of benzene rings is 1. The molecule has 1 aromatic carbocycles. The molecule has 0 unspecified atom stereocenters. The predicted octanol–water partition coefficient (Wildman–Crippen LogP) is 0.780. The van der Waals surface area contributed by atoms with Gasteiger partial charge in [-0.2, -0.15) is 0 Å². The summed E-state index contributed by atoms with van der Waals surface area (Å²) in [4.78, 5) is 13.7. The first-order valence-electron chi connectivity index (χ1n) is 7.22. The Bertz CT molecular complexity index is 442. The van der Waals surface area contributed by atoms with Crippen LogP contribution in [0.5, 0.6) is 5.75 Å². The van der Waals surface area contributed by atoms with Gasteiger partial charge in [0.25, 0.3) is 5.91 Å². The molecule has 1 fully saturated rings. The summed E-state index contributed by atoms with van der Waals surface area (Å²) in [5.41, 5.74) is 2.62. The van der Waals surface area contributed by atoms with Gasteiger partial charge in [0, 0.05) is 32.3 Å². The fourth-order valence-electron chi connectivity index (χ4n) is 2.45. The Hall–Kier alpha value is -1.63. The van der Waals surface area contributed by atoms with Crippen molar-refractivity contribution in [1.82, 2.24) is 10.3 Å². The highest BCUT2D eigenvalue weighted by molar-refractivity contribution is 5.93. The van der Waals surface area contributed by atoms with Crippen molar-refractivity contribution in [2.75, 3.05) is 33.4 Å². The van der Waals surface area contributed by atoms with Gasteiger partial charge in [-0.05, 0) is 37.1 Å². The number of rotatable bonds is 6. The first kappa shape index (κ1) is 15.8. The van der Waals surface area contributed by atoms with E-state index in [1.807, 2.05) is 0 Å². The fraction of sp³-hybridized carbons (Fsp3) is 0.533. The summed E-state index contributed by atoms with van der Waals surface area (Å²) in [7, 11) is 1.78. The van der Waals surface area contributed by atoms with Crippen LogP contribution in [-0.2, 0) is 4.74 Å². The molecule has 0 bridgehead atoms. The van der Waals surface area contributed by atoms with Gasteiger partial charge in [-0.25, -0.2) is 5.84 Å². The summed E-state index contributed by atoms with van der Waals surface area (Å²) in [5.74, 6) is 5.54. The number of nitrogen functional groups attached to an aromatic ring is 1. The Labute approximate surface area is 125 Å². The van der Waals surface area contributed by atoms with Crippen molar-refractivity contribution in [2.24, 2.45) is 5.84 Å². The molecule has 0 aliphatic carbocycles. The molecule has 1 heterocycles. The summed E-state index contributed by atoms with van der Waals surface area (Å²) in [6.07, 6.45) is 2.57. The van der Waals surface area contributed by atoms with Crippen molar-refractivity contribution in [3.8, 4) is 5.75 Å². The molecule has 3 N–H and O–H groups in total. The van der Waals surface area contributed by atoms with Crippen molar-refractivity contribution in [3.05, 3.63) is 29.8 Å². The third-order valence-electron chi connectivity index (χ3n) is 3.79. The van der Waals surface area contributed by atoms with E-state index in [2.05, 4.69) is 10.3 Å². The number of likely N-dealkylation sites (tertiary alicyclic amines) is 1. The van der Waals surface area contributed by atoms with Gasteiger partial charge in [-0.1, -0.05) is 0 Å². The minimum Gasteiger partial charge on any atom is -0.492 e. The summed E-state index contributed by atoms with van der Waals surface area (Å²) >= 11 is 0. The van der Waals surface area contributed by atoms with E-state index in [9.17, 15) is 4.79 Å². The van der Waals surface area contributed by atoms with Crippen molar-refractivity contribution in [3.63, 3.8) is 0 Å². The van der Waals surface area contributed by atoms with E-state index in [0.29, 0.717) is 18.3 Å². The first-order chi connectivity index (χ1) is 10.2. The number of ether oxygens (including phenoxy) is 2. The van der Waals surface area contributed by atoms with E-state index in [1.54, 1.807) is 31.4 Å². The van der Waals surface area contributed by atoms with Crippen LogP contribution in [-0.4, -0.2) is 50.3 Å². The molecule has 0 spiro atoms. The Morgan fingerprint density at radius 1 is 1.33 bits per heavy atom. The van der Waals surface area contributed by atoms with Gasteiger partial charge in [0.2, 0.25) is 0 Å². The van der Waals surface area contributed by atoms with Crippen molar-refractivity contribution >= 4 is 5.91 Å². The lowest BCUT2D eigenvalue weighted by Gasteiger charge is -2.30. The summed E-state index contributed by atoms with van der Waals surface area (Å²) in [6, 6.07) is 6.95. The minimum absolute atomic E-state index is 0.303. The van der Waals surface area contributed by atoms with Crippen LogP contribution in [0.3, 0.4) is 0 Å². The van der Waals surface area contributed by atoms with Crippen molar-refractivity contribution in [2.45, 2.75) is 18.9 Å². The number of nitrogens with one attached hydrogen (secondary N) is 1. The third kappa shape index (κ3) is 4.70. The molecule has 0 radical (unpaired) electrons. The first-order valence-corrected chi connectivity index (χ1v) is 7.22. The summed E-state index contributed by atoms with van der Waals surface area (Å²) in [6.45, 7) is 3.65. The van der Waals surface area contributed by atoms with E-state index < -0.39 is 0 Å². The Morgan fingerprint density at radius 2 is 2.00 bits per heavy atom. The van der Waals surface area contributed by atoms with E-state index in [-0.39, 0.29) is 5.91 Å². The number of hydrazine groups is 1. The molecule has 116 valence electrons. The SMILES string of the molecule is COC1CCN(CCOc2ccc(C(=O)NN)cc2)CC1. The molecule has 6 heteroatoms. The minimum atomic E-state index is -0.303. The average Bonchev–Trinajstić information content (AvgIpc) is 2.55. The lowest BCUT2D eigenvalue weighted by molar-refractivity contribution is 0.0375. The molecule has 1 aromatic rings. The maximum absolute atomic E-state index is 11.3. The zero-order valence-corrected chi connectivity index (χ0v) is 12.4. The number of carbonyl (C=O) groups is 1. The lowest BCUT2D eigenvalue weighted by atomic mass is 10.1. The third-order valence-corrected chi connectivity index (χ3v) is 3.79. The maximum atomic E-state index is 11.3. The van der Waals surface area contributed by atoms with Crippen molar-refractivity contribution in [1.29, 1.82) is 0 Å². The van der Waals surface area contributed by atoms with Crippen LogP contribution in [0.1, 0.15) is 23.2 Å². The highest BCUT2D eigenvalue weighted by Crippen LogP contribution is 2.14. The van der Waals surface area contributed by atoms with Crippen LogP contribution in [0.2, 0.25) is 0 Å². The van der Waals surface area contributed by atoms with E-state index in [0.717, 1.165) is 38.2 Å². The largest absolute Gasteiger partial charge is 0.492 e. The molecule has 6 nitrogen and oxygen atoms in total. The normalized spacial score (nSPS) is 16.7. The quantitative estimate of drug-likeness (QED) is 0.460. The van der Waals surface area contributed by atoms with Gasteiger partial charge in [-0.15, -0.1) is 0 Å². The zero-order valence-electron chi connectivity index (χ0n) is 12.4. The van der Waals surface area contributed by atoms with Gasteiger partial charge < -0.3 is 9.47 Å². The molecule has 1 aliphatic rings. The standard InChI is InChI=1S/C15H23N3O3/c1-20-13-6-8-18(9-7-13)10-11-21-14-4-2-12(3-5-14)15(19)17-16/h2-5,13H,6-11,16H2,1H3,(H,17,19). The lowest BCUT2D eigenvalue weighted by Crippen LogP contribution is -2.38. The second-order valence-electron chi connectivity index (χ2n) is 5.12. The Balaban J connectivity index is 1.70. The van der Waals surface area contributed by atoms with Gasteiger partial charge in [0.1, 0.15) is 12.4 Å². The number of amides is 1. The molecule has 0 saturated carbocycles. The molecule has 1 saturated heterocycles. The number of hydrogen-bond donors (Lipinski definition) is 2. The molecular weight excluding hydrogens is 270 g/mol. The highest BCUT2D eigenvalue weighted by atomic mass is 16.5. The van der Waals surface area contributed by atoms with E-state index in [1.165, 1.54) is 0 Å². The Morgan fingerprint density at radius 3 is 2.57 bits per heavy atom. The van der Waals surface area contributed by atoms with Crippen LogP contribution in [0.4, 0.5) is 0 Å². The van der Waals surface area contributed by atoms with E-state index in [4.69, 9.17) is 15.3 Å². The zero-order chi connectivity index (χ0) is 15.1. The number of piperidine rings is 1. The number of methoxy groups -OCH3 is 1. The summed E-state index contributed by atoms with van der Waals surface area (Å²) in [5, 5.41) is 0. The topological polar surface area (TPSA) is 76.8 Å². The van der Waals surface area contributed by atoms with Gasteiger partial charge >= 0.3 is 0 Å². The molecule has 0 aromatic heterocycles. The second kappa shape index (κ2) is 7.97. The fourth-order valence-corrected chi connectivity index (χ4v) is 2.45. The summed E-state index contributed by atoms with van der Waals surface area (Å²) < 4.78 is 11.0. The molecule has 1 amide bonds. The van der Waals surface area contributed by atoms with Crippen LogP contribution in [0, 0.1) is 0 Å². The van der Waals surface area contributed by atoms with E-state index >= 15 is 0 Å². The van der Waals surface area contributed by atoms with Gasteiger partial charge in [0.15, 0.2) is 0 Å². The number of nitrogens with two attached hydrogens (primary N) is 1. The monoisotopic (exact) mass is 293 g/mol. The Kier molecular flexibility index (Phi) is 5.98. The smallest absolute Gasteiger partial charge is 0.265 e.